The lowest BCUT2D eigenvalue weighted by Crippen LogP contribution is -2.20. The summed E-state index contributed by atoms with van der Waals surface area (Å²) < 4.78 is 0. The summed E-state index contributed by atoms with van der Waals surface area (Å²) in [6, 6.07) is 5.67. The van der Waals surface area contributed by atoms with Gasteiger partial charge in [-0.1, -0.05) is 36.9 Å². The fourth-order valence-electron chi connectivity index (χ4n) is 1.45. The van der Waals surface area contributed by atoms with Crippen molar-refractivity contribution in [1.82, 2.24) is 0 Å². The Bertz CT molecular complexity index is 323. The largest absolute Gasteiger partial charge is 0.366 e. The number of amides is 1. The third-order valence-electron chi connectivity index (χ3n) is 2.25. The molecule has 2 N–H and O–H groups in total. The molecule has 0 bridgehead atoms. The number of carbonyl (C=O) groups excluding carboxylic acids is 1. The highest BCUT2D eigenvalue weighted by molar-refractivity contribution is 6.52. The van der Waals surface area contributed by atoms with E-state index < -0.39 is 0 Å². The van der Waals surface area contributed by atoms with E-state index in [0.717, 1.165) is 13.7 Å². The molecule has 0 aromatic heterocycles. The lowest BCUT2D eigenvalue weighted by atomic mass is 9.70. The highest BCUT2D eigenvalue weighted by Crippen LogP contribution is 2.01. The molecular formula is C10H14BNO. The Morgan fingerprint density at radius 2 is 2.23 bits per heavy atom. The summed E-state index contributed by atoms with van der Waals surface area (Å²) >= 11 is 0. The van der Waals surface area contributed by atoms with Crippen molar-refractivity contribution >= 4 is 18.6 Å². The third kappa shape index (κ3) is 2.11. The first-order valence-corrected chi connectivity index (χ1v) is 4.60. The van der Waals surface area contributed by atoms with Gasteiger partial charge in [0, 0.05) is 5.56 Å². The van der Waals surface area contributed by atoms with Gasteiger partial charge in [0.15, 0.2) is 7.28 Å². The standard InChI is InChI=1S/C10H14BNO/c1-3-7-4-5-8(10(12)13)6-9(7)11-2/h4-6,11H,3H2,1-2H3,(H2,12,13). The first-order chi connectivity index (χ1) is 6.19. The van der Waals surface area contributed by atoms with Crippen molar-refractivity contribution in [2.24, 2.45) is 5.73 Å². The van der Waals surface area contributed by atoms with E-state index in [2.05, 4.69) is 13.7 Å². The molecule has 0 saturated heterocycles. The molecule has 1 aromatic carbocycles. The minimum atomic E-state index is -0.350. The molecule has 0 fully saturated rings. The molecular weight excluding hydrogens is 161 g/mol. The number of primary amides is 1. The zero-order valence-electron chi connectivity index (χ0n) is 8.13. The molecule has 1 rings (SSSR count). The Balaban J connectivity index is 3.13. The highest BCUT2D eigenvalue weighted by Gasteiger charge is 2.04. The van der Waals surface area contributed by atoms with Crippen LogP contribution in [0, 0.1) is 0 Å². The van der Waals surface area contributed by atoms with Crippen LogP contribution in [-0.2, 0) is 6.42 Å². The van der Waals surface area contributed by atoms with Crippen LogP contribution in [-0.4, -0.2) is 13.2 Å². The first-order valence-electron chi connectivity index (χ1n) is 4.60. The van der Waals surface area contributed by atoms with Crippen LogP contribution < -0.4 is 11.2 Å². The average molecular weight is 175 g/mol. The van der Waals surface area contributed by atoms with Gasteiger partial charge in [0.05, 0.1) is 0 Å². The van der Waals surface area contributed by atoms with E-state index in [4.69, 9.17) is 5.73 Å². The number of benzene rings is 1. The number of nitrogens with two attached hydrogens (primary N) is 1. The lowest BCUT2D eigenvalue weighted by Gasteiger charge is -2.06. The second kappa shape index (κ2) is 4.12. The van der Waals surface area contributed by atoms with E-state index in [9.17, 15) is 4.79 Å². The molecule has 1 amide bonds. The van der Waals surface area contributed by atoms with Crippen molar-refractivity contribution in [3.63, 3.8) is 0 Å². The molecule has 0 atom stereocenters. The maximum absolute atomic E-state index is 10.9. The van der Waals surface area contributed by atoms with Crippen molar-refractivity contribution < 1.29 is 4.79 Å². The zero-order valence-corrected chi connectivity index (χ0v) is 8.13. The molecule has 0 spiro atoms. The normalized spacial score (nSPS) is 9.69. The number of aryl methyl sites for hydroxylation is 1. The van der Waals surface area contributed by atoms with Crippen LogP contribution in [0.1, 0.15) is 22.8 Å². The Hall–Kier alpha value is -1.25. The van der Waals surface area contributed by atoms with Gasteiger partial charge in [0.2, 0.25) is 5.91 Å². The minimum Gasteiger partial charge on any atom is -0.366 e. The van der Waals surface area contributed by atoms with Crippen LogP contribution in [0.15, 0.2) is 18.2 Å². The number of hydrogen-bond donors (Lipinski definition) is 1. The first kappa shape index (κ1) is 9.84. The van der Waals surface area contributed by atoms with Crippen LogP contribution in [0.2, 0.25) is 6.82 Å². The lowest BCUT2D eigenvalue weighted by molar-refractivity contribution is 0.100. The van der Waals surface area contributed by atoms with E-state index in [1.807, 2.05) is 12.1 Å². The van der Waals surface area contributed by atoms with Gasteiger partial charge in [-0.2, -0.15) is 0 Å². The predicted octanol–water partition coefficient (Wildman–Crippen LogP) is 0.458. The van der Waals surface area contributed by atoms with Gasteiger partial charge in [-0.25, -0.2) is 0 Å². The summed E-state index contributed by atoms with van der Waals surface area (Å²) in [5, 5.41) is 0. The van der Waals surface area contributed by atoms with Gasteiger partial charge in [-0.05, 0) is 12.5 Å². The van der Waals surface area contributed by atoms with Crippen molar-refractivity contribution in [3.05, 3.63) is 29.3 Å². The zero-order chi connectivity index (χ0) is 9.84. The quantitative estimate of drug-likeness (QED) is 0.666. The summed E-state index contributed by atoms with van der Waals surface area (Å²) in [6.07, 6.45) is 1.00. The molecule has 0 aliphatic heterocycles. The SMILES string of the molecule is CBc1cc(C(N)=O)ccc1CC. The summed E-state index contributed by atoms with van der Waals surface area (Å²) in [4.78, 5) is 10.9. The maximum atomic E-state index is 10.9. The van der Waals surface area contributed by atoms with Crippen LogP contribution in [0.25, 0.3) is 0 Å². The van der Waals surface area contributed by atoms with E-state index in [1.54, 1.807) is 6.07 Å². The van der Waals surface area contributed by atoms with Gasteiger partial charge in [-0.15, -0.1) is 0 Å². The van der Waals surface area contributed by atoms with Gasteiger partial charge in [0.25, 0.3) is 0 Å². The molecule has 0 aliphatic carbocycles. The Kier molecular flexibility index (Phi) is 3.12. The number of rotatable bonds is 3. The Morgan fingerprint density at radius 1 is 1.54 bits per heavy atom. The molecule has 0 aliphatic rings. The van der Waals surface area contributed by atoms with E-state index in [0.29, 0.717) is 5.56 Å². The van der Waals surface area contributed by atoms with Crippen LogP contribution >= 0.6 is 0 Å². The molecule has 1 aromatic rings. The monoisotopic (exact) mass is 175 g/mol. The van der Waals surface area contributed by atoms with Gasteiger partial charge in [-0.3, -0.25) is 4.79 Å². The van der Waals surface area contributed by atoms with E-state index in [1.165, 1.54) is 11.0 Å². The summed E-state index contributed by atoms with van der Waals surface area (Å²) in [7, 11) is 0.949. The molecule has 2 nitrogen and oxygen atoms in total. The second-order valence-corrected chi connectivity index (χ2v) is 3.05. The van der Waals surface area contributed by atoms with Gasteiger partial charge in [0.1, 0.15) is 0 Å². The van der Waals surface area contributed by atoms with E-state index in [-0.39, 0.29) is 5.91 Å². The van der Waals surface area contributed by atoms with Gasteiger partial charge >= 0.3 is 0 Å². The predicted molar refractivity (Wildman–Crippen MR) is 57.0 cm³/mol. The summed E-state index contributed by atoms with van der Waals surface area (Å²) in [5.74, 6) is -0.350. The fraction of sp³-hybridized carbons (Fsp3) is 0.300. The second-order valence-electron chi connectivity index (χ2n) is 3.05. The average Bonchev–Trinajstić information content (AvgIpc) is 2.16. The third-order valence-corrected chi connectivity index (χ3v) is 2.25. The van der Waals surface area contributed by atoms with Crippen molar-refractivity contribution in [1.29, 1.82) is 0 Å². The van der Waals surface area contributed by atoms with Crippen molar-refractivity contribution in [2.75, 3.05) is 0 Å². The highest BCUT2D eigenvalue weighted by atomic mass is 16.1. The van der Waals surface area contributed by atoms with Crippen LogP contribution in [0.5, 0.6) is 0 Å². The fourth-order valence-corrected chi connectivity index (χ4v) is 1.45. The molecule has 0 heterocycles. The Labute approximate surface area is 79.4 Å². The number of carbonyl (C=O) groups is 1. The summed E-state index contributed by atoms with van der Waals surface area (Å²) in [5.41, 5.74) is 8.32. The molecule has 3 heteroatoms. The van der Waals surface area contributed by atoms with Crippen molar-refractivity contribution in [2.45, 2.75) is 20.2 Å². The van der Waals surface area contributed by atoms with Crippen LogP contribution in [0.4, 0.5) is 0 Å². The van der Waals surface area contributed by atoms with Crippen LogP contribution in [0.3, 0.4) is 0 Å². The molecule has 0 radical (unpaired) electrons. The van der Waals surface area contributed by atoms with E-state index >= 15 is 0 Å². The molecule has 0 unspecified atom stereocenters. The maximum Gasteiger partial charge on any atom is 0.248 e. The van der Waals surface area contributed by atoms with Crippen molar-refractivity contribution in [3.8, 4) is 0 Å². The molecule has 0 saturated carbocycles. The Morgan fingerprint density at radius 3 is 2.69 bits per heavy atom. The minimum absolute atomic E-state index is 0.350. The summed E-state index contributed by atoms with van der Waals surface area (Å²) in [6.45, 7) is 4.19. The molecule has 68 valence electrons. The topological polar surface area (TPSA) is 43.1 Å². The van der Waals surface area contributed by atoms with Gasteiger partial charge < -0.3 is 5.73 Å². The molecule has 13 heavy (non-hydrogen) atoms. The number of hydrogen-bond acceptors (Lipinski definition) is 1. The smallest absolute Gasteiger partial charge is 0.248 e.